The number of rotatable bonds is 5. The summed E-state index contributed by atoms with van der Waals surface area (Å²) in [6.45, 7) is 2.68. The number of hydrogen-bond donors (Lipinski definition) is 3. The fourth-order valence-electron chi connectivity index (χ4n) is 2.13. The molecule has 1 aromatic heterocycles. The molecule has 0 saturated heterocycles. The molecule has 0 aliphatic heterocycles. The van der Waals surface area contributed by atoms with Crippen molar-refractivity contribution >= 4 is 23.5 Å². The van der Waals surface area contributed by atoms with Crippen molar-refractivity contribution in [1.82, 2.24) is 20.7 Å². The summed E-state index contributed by atoms with van der Waals surface area (Å²) in [5, 5.41) is 3.11. The van der Waals surface area contributed by atoms with E-state index in [9.17, 15) is 14.4 Å². The molecule has 0 atom stereocenters. The van der Waals surface area contributed by atoms with Gasteiger partial charge >= 0.3 is 6.03 Å². The van der Waals surface area contributed by atoms with E-state index in [4.69, 9.17) is 11.6 Å². The van der Waals surface area contributed by atoms with E-state index in [-0.39, 0.29) is 12.1 Å². The molecule has 0 aliphatic rings. The SMILES string of the molecule is CCCNC(=O)NNC(=O)c1cccn(Cc2cccc(Cl)c2)c1=O. The predicted octanol–water partition coefficient (Wildman–Crippen LogP) is 1.90. The largest absolute Gasteiger partial charge is 0.337 e. The molecule has 0 aliphatic carbocycles. The van der Waals surface area contributed by atoms with Gasteiger partial charge in [0.25, 0.3) is 11.5 Å². The summed E-state index contributed by atoms with van der Waals surface area (Å²) in [6.07, 6.45) is 2.36. The number of pyridine rings is 1. The van der Waals surface area contributed by atoms with Crippen LogP contribution in [0.15, 0.2) is 47.4 Å². The van der Waals surface area contributed by atoms with Crippen molar-refractivity contribution in [3.63, 3.8) is 0 Å². The van der Waals surface area contributed by atoms with Gasteiger partial charge in [-0.3, -0.25) is 15.0 Å². The Bertz CT molecular complexity index is 820. The molecule has 0 bridgehead atoms. The van der Waals surface area contributed by atoms with Crippen LogP contribution in [-0.2, 0) is 6.54 Å². The fourth-order valence-corrected chi connectivity index (χ4v) is 2.34. The number of urea groups is 1. The van der Waals surface area contributed by atoms with Crippen LogP contribution in [0.5, 0.6) is 0 Å². The third-order valence-electron chi connectivity index (χ3n) is 3.33. The molecule has 0 spiro atoms. The summed E-state index contributed by atoms with van der Waals surface area (Å²) in [4.78, 5) is 36.0. The van der Waals surface area contributed by atoms with Crippen molar-refractivity contribution in [2.75, 3.05) is 6.54 Å². The van der Waals surface area contributed by atoms with E-state index in [0.29, 0.717) is 11.6 Å². The van der Waals surface area contributed by atoms with Gasteiger partial charge in [0.05, 0.1) is 6.54 Å². The quantitative estimate of drug-likeness (QED) is 0.709. The number of benzene rings is 1. The Morgan fingerprint density at radius 2 is 1.96 bits per heavy atom. The van der Waals surface area contributed by atoms with Crippen LogP contribution in [0.25, 0.3) is 0 Å². The summed E-state index contributed by atoms with van der Waals surface area (Å²) in [5.74, 6) is -0.683. The lowest BCUT2D eigenvalue weighted by molar-refractivity contribution is 0.0934. The van der Waals surface area contributed by atoms with Gasteiger partial charge < -0.3 is 9.88 Å². The molecule has 0 fully saturated rings. The van der Waals surface area contributed by atoms with Crippen molar-refractivity contribution < 1.29 is 9.59 Å². The van der Waals surface area contributed by atoms with Crippen molar-refractivity contribution in [3.8, 4) is 0 Å². The molecule has 2 aromatic rings. The Balaban J connectivity index is 2.08. The smallest absolute Gasteiger partial charge is 0.333 e. The Morgan fingerprint density at radius 3 is 2.68 bits per heavy atom. The molecule has 7 nitrogen and oxygen atoms in total. The van der Waals surface area contributed by atoms with Gasteiger partial charge in [-0.2, -0.15) is 0 Å². The number of carbonyl (C=O) groups excluding carboxylic acids is 2. The molecule has 8 heteroatoms. The van der Waals surface area contributed by atoms with E-state index in [0.717, 1.165) is 12.0 Å². The number of hydrogen-bond acceptors (Lipinski definition) is 3. The summed E-state index contributed by atoms with van der Waals surface area (Å²) < 4.78 is 1.40. The van der Waals surface area contributed by atoms with E-state index in [1.807, 2.05) is 13.0 Å². The first-order chi connectivity index (χ1) is 12.0. The number of aromatic nitrogens is 1. The summed E-state index contributed by atoms with van der Waals surface area (Å²) in [5.41, 5.74) is 4.72. The second-order valence-corrected chi connectivity index (χ2v) is 5.76. The van der Waals surface area contributed by atoms with Crippen LogP contribution < -0.4 is 21.7 Å². The van der Waals surface area contributed by atoms with Gasteiger partial charge in [0.1, 0.15) is 5.56 Å². The minimum absolute atomic E-state index is 0.0691. The van der Waals surface area contributed by atoms with Crippen molar-refractivity contribution in [3.05, 3.63) is 69.1 Å². The fraction of sp³-hybridized carbons (Fsp3) is 0.235. The summed E-state index contributed by atoms with van der Waals surface area (Å²) >= 11 is 5.94. The zero-order valence-corrected chi connectivity index (χ0v) is 14.5. The van der Waals surface area contributed by atoms with Crippen LogP contribution in [0.3, 0.4) is 0 Å². The first-order valence-corrected chi connectivity index (χ1v) is 8.17. The number of nitrogens with zero attached hydrogens (tertiary/aromatic N) is 1. The Hall–Kier alpha value is -2.80. The first-order valence-electron chi connectivity index (χ1n) is 7.79. The molecular formula is C17H19ClN4O3. The van der Waals surface area contributed by atoms with Gasteiger partial charge in [-0.25, -0.2) is 10.2 Å². The first kappa shape index (κ1) is 18.5. The third kappa shape index (κ3) is 5.36. The number of nitrogens with one attached hydrogen (secondary N) is 3. The molecule has 3 amide bonds. The zero-order valence-electron chi connectivity index (χ0n) is 13.7. The van der Waals surface area contributed by atoms with Crippen LogP contribution >= 0.6 is 11.6 Å². The standard InChI is InChI=1S/C17H19ClN4O3/c1-2-8-19-17(25)21-20-15(23)14-7-4-9-22(16(14)24)11-12-5-3-6-13(18)10-12/h3-7,9-10H,2,8,11H2,1H3,(H,20,23)(H2,19,21,25). The molecule has 0 saturated carbocycles. The third-order valence-corrected chi connectivity index (χ3v) is 3.57. The second-order valence-electron chi connectivity index (χ2n) is 5.32. The summed E-state index contributed by atoms with van der Waals surface area (Å²) in [6, 6.07) is 9.58. The molecule has 25 heavy (non-hydrogen) atoms. The van der Waals surface area contributed by atoms with Gasteiger partial charge in [0, 0.05) is 17.8 Å². The highest BCUT2D eigenvalue weighted by Gasteiger charge is 2.13. The average Bonchev–Trinajstić information content (AvgIpc) is 2.59. The highest BCUT2D eigenvalue weighted by Crippen LogP contribution is 2.11. The van der Waals surface area contributed by atoms with E-state index in [1.165, 1.54) is 10.6 Å². The highest BCUT2D eigenvalue weighted by atomic mass is 35.5. The van der Waals surface area contributed by atoms with E-state index >= 15 is 0 Å². The molecule has 132 valence electrons. The molecule has 0 radical (unpaired) electrons. The van der Waals surface area contributed by atoms with Gasteiger partial charge in [0.15, 0.2) is 0 Å². The number of halogens is 1. The minimum Gasteiger partial charge on any atom is -0.337 e. The molecular weight excluding hydrogens is 344 g/mol. The van der Waals surface area contributed by atoms with Crippen molar-refractivity contribution in [2.45, 2.75) is 19.9 Å². The molecule has 1 heterocycles. The zero-order chi connectivity index (χ0) is 18.2. The molecule has 2 rings (SSSR count). The van der Waals surface area contributed by atoms with Gasteiger partial charge in [0.2, 0.25) is 0 Å². The maximum absolute atomic E-state index is 12.5. The Morgan fingerprint density at radius 1 is 1.16 bits per heavy atom. The average molecular weight is 363 g/mol. The van der Waals surface area contributed by atoms with Crippen LogP contribution in [0.1, 0.15) is 29.3 Å². The number of hydrazine groups is 1. The van der Waals surface area contributed by atoms with Crippen LogP contribution in [0.4, 0.5) is 4.79 Å². The van der Waals surface area contributed by atoms with E-state index in [1.54, 1.807) is 30.5 Å². The van der Waals surface area contributed by atoms with Crippen molar-refractivity contribution in [2.24, 2.45) is 0 Å². The van der Waals surface area contributed by atoms with Gasteiger partial charge in [-0.15, -0.1) is 0 Å². The van der Waals surface area contributed by atoms with Gasteiger partial charge in [-0.1, -0.05) is 30.7 Å². The normalized spacial score (nSPS) is 10.2. The maximum atomic E-state index is 12.5. The summed E-state index contributed by atoms with van der Waals surface area (Å²) in [7, 11) is 0. The van der Waals surface area contributed by atoms with Crippen LogP contribution in [0, 0.1) is 0 Å². The second kappa shape index (κ2) is 8.89. The molecule has 0 unspecified atom stereocenters. The highest BCUT2D eigenvalue weighted by molar-refractivity contribution is 6.30. The lowest BCUT2D eigenvalue weighted by Crippen LogP contribution is -2.48. The van der Waals surface area contributed by atoms with E-state index < -0.39 is 17.5 Å². The Kier molecular flexibility index (Phi) is 6.59. The van der Waals surface area contributed by atoms with E-state index in [2.05, 4.69) is 16.2 Å². The van der Waals surface area contributed by atoms with Gasteiger partial charge in [-0.05, 0) is 36.2 Å². The van der Waals surface area contributed by atoms with Crippen LogP contribution in [-0.4, -0.2) is 23.1 Å². The predicted molar refractivity (Wildman–Crippen MR) is 95.5 cm³/mol. The van der Waals surface area contributed by atoms with Crippen molar-refractivity contribution in [1.29, 1.82) is 0 Å². The topological polar surface area (TPSA) is 92.2 Å². The number of amides is 3. The lowest BCUT2D eigenvalue weighted by Gasteiger charge is -2.10. The van der Waals surface area contributed by atoms with Crippen LogP contribution in [0.2, 0.25) is 5.02 Å². The maximum Gasteiger partial charge on any atom is 0.333 e. The number of carbonyl (C=O) groups is 2. The molecule has 3 N–H and O–H groups in total. The lowest BCUT2D eigenvalue weighted by atomic mass is 10.2. The molecule has 1 aromatic carbocycles. The minimum atomic E-state index is -0.683. The monoisotopic (exact) mass is 362 g/mol. The Labute approximate surface area is 150 Å².